The summed E-state index contributed by atoms with van der Waals surface area (Å²) in [7, 11) is 0. The first-order chi connectivity index (χ1) is 8.18. The molecule has 0 unspecified atom stereocenters. The van der Waals surface area contributed by atoms with Crippen molar-refractivity contribution < 1.29 is 4.74 Å². The zero-order chi connectivity index (χ0) is 12.1. The maximum atomic E-state index is 5.65. The first-order valence-electron chi connectivity index (χ1n) is 6.55. The molecule has 0 aromatic heterocycles. The lowest BCUT2D eigenvalue weighted by Gasteiger charge is -2.26. The van der Waals surface area contributed by atoms with E-state index in [0.717, 1.165) is 19.1 Å². The molecule has 0 atom stereocenters. The summed E-state index contributed by atoms with van der Waals surface area (Å²) < 4.78 is 5.65. The van der Waals surface area contributed by atoms with Gasteiger partial charge in [0, 0.05) is 12.1 Å². The van der Waals surface area contributed by atoms with Crippen LogP contribution in [-0.4, -0.2) is 18.7 Å². The highest BCUT2D eigenvalue weighted by Gasteiger charge is 2.36. The fourth-order valence-electron chi connectivity index (χ4n) is 2.16. The fourth-order valence-corrected chi connectivity index (χ4v) is 2.16. The van der Waals surface area contributed by atoms with Crippen LogP contribution < -0.4 is 5.32 Å². The first-order valence-corrected chi connectivity index (χ1v) is 6.55. The Bertz CT molecular complexity index is 330. The standard InChI is InChI=1S/C15H23NO/c1-15(2,14-8-9-14)16-10-11-17-12-13-6-4-3-5-7-13/h3-7,14,16H,8-12H2,1-2H3. The van der Waals surface area contributed by atoms with Crippen LogP contribution in [0.25, 0.3) is 0 Å². The maximum absolute atomic E-state index is 5.65. The molecule has 1 aromatic rings. The van der Waals surface area contributed by atoms with E-state index < -0.39 is 0 Å². The number of hydrogen-bond donors (Lipinski definition) is 1. The Morgan fingerprint density at radius 1 is 1.24 bits per heavy atom. The smallest absolute Gasteiger partial charge is 0.0717 e. The van der Waals surface area contributed by atoms with Gasteiger partial charge in [-0.2, -0.15) is 0 Å². The first kappa shape index (κ1) is 12.6. The molecule has 0 radical (unpaired) electrons. The third kappa shape index (κ3) is 4.14. The van der Waals surface area contributed by atoms with E-state index in [4.69, 9.17) is 4.74 Å². The van der Waals surface area contributed by atoms with Gasteiger partial charge in [-0.1, -0.05) is 30.3 Å². The van der Waals surface area contributed by atoms with Gasteiger partial charge in [0.1, 0.15) is 0 Å². The average molecular weight is 233 g/mol. The third-order valence-corrected chi connectivity index (χ3v) is 3.54. The predicted molar refractivity (Wildman–Crippen MR) is 70.9 cm³/mol. The highest BCUT2D eigenvalue weighted by atomic mass is 16.5. The minimum atomic E-state index is 0.288. The van der Waals surface area contributed by atoms with E-state index in [1.807, 2.05) is 18.2 Å². The molecule has 0 heterocycles. The summed E-state index contributed by atoms with van der Waals surface area (Å²) in [6, 6.07) is 10.3. The van der Waals surface area contributed by atoms with Crippen LogP contribution >= 0.6 is 0 Å². The Morgan fingerprint density at radius 3 is 2.59 bits per heavy atom. The predicted octanol–water partition coefficient (Wildman–Crippen LogP) is 2.98. The molecule has 1 N–H and O–H groups in total. The minimum absolute atomic E-state index is 0.288. The lowest BCUT2D eigenvalue weighted by molar-refractivity contribution is 0.115. The molecular weight excluding hydrogens is 210 g/mol. The fraction of sp³-hybridized carbons (Fsp3) is 0.600. The van der Waals surface area contributed by atoms with Crippen LogP contribution in [0.1, 0.15) is 32.3 Å². The van der Waals surface area contributed by atoms with Crippen LogP contribution in [-0.2, 0) is 11.3 Å². The summed E-state index contributed by atoms with van der Waals surface area (Å²) >= 11 is 0. The quantitative estimate of drug-likeness (QED) is 0.731. The van der Waals surface area contributed by atoms with Crippen LogP contribution in [0.2, 0.25) is 0 Å². The van der Waals surface area contributed by atoms with Crippen molar-refractivity contribution in [3.05, 3.63) is 35.9 Å². The largest absolute Gasteiger partial charge is 0.375 e. The summed E-state index contributed by atoms with van der Waals surface area (Å²) in [5.41, 5.74) is 1.53. The molecule has 1 saturated carbocycles. The SMILES string of the molecule is CC(C)(NCCOCc1ccccc1)C1CC1. The molecule has 0 aliphatic heterocycles. The van der Waals surface area contributed by atoms with Gasteiger partial charge in [0.2, 0.25) is 0 Å². The Kier molecular flexibility index (Phi) is 4.19. The zero-order valence-corrected chi connectivity index (χ0v) is 10.9. The molecule has 17 heavy (non-hydrogen) atoms. The lowest BCUT2D eigenvalue weighted by atomic mass is 9.99. The van der Waals surface area contributed by atoms with Crippen molar-refractivity contribution in [2.45, 2.75) is 38.8 Å². The Hall–Kier alpha value is -0.860. The van der Waals surface area contributed by atoms with E-state index in [0.29, 0.717) is 6.61 Å². The van der Waals surface area contributed by atoms with Crippen molar-refractivity contribution in [2.75, 3.05) is 13.2 Å². The van der Waals surface area contributed by atoms with Gasteiger partial charge in [-0.3, -0.25) is 0 Å². The van der Waals surface area contributed by atoms with Crippen LogP contribution in [0.4, 0.5) is 0 Å². The van der Waals surface area contributed by atoms with Gasteiger partial charge < -0.3 is 10.1 Å². The second-order valence-corrected chi connectivity index (χ2v) is 5.46. The van der Waals surface area contributed by atoms with E-state index in [1.54, 1.807) is 0 Å². The molecule has 2 heteroatoms. The molecule has 0 amide bonds. The van der Waals surface area contributed by atoms with E-state index in [1.165, 1.54) is 18.4 Å². The van der Waals surface area contributed by atoms with Crippen molar-refractivity contribution in [3.8, 4) is 0 Å². The number of rotatable bonds is 7. The van der Waals surface area contributed by atoms with Crippen molar-refractivity contribution in [1.82, 2.24) is 5.32 Å². The monoisotopic (exact) mass is 233 g/mol. The van der Waals surface area contributed by atoms with Gasteiger partial charge in [0.15, 0.2) is 0 Å². The molecule has 2 rings (SSSR count). The van der Waals surface area contributed by atoms with Crippen LogP contribution in [0.3, 0.4) is 0 Å². The highest BCUT2D eigenvalue weighted by molar-refractivity contribution is 5.13. The molecule has 1 fully saturated rings. The van der Waals surface area contributed by atoms with E-state index >= 15 is 0 Å². The maximum Gasteiger partial charge on any atom is 0.0717 e. The Morgan fingerprint density at radius 2 is 1.94 bits per heavy atom. The summed E-state index contributed by atoms with van der Waals surface area (Å²) in [5, 5.41) is 3.58. The van der Waals surface area contributed by atoms with E-state index in [9.17, 15) is 0 Å². The molecule has 1 aliphatic rings. The summed E-state index contributed by atoms with van der Waals surface area (Å²) in [5.74, 6) is 0.872. The van der Waals surface area contributed by atoms with Gasteiger partial charge in [-0.25, -0.2) is 0 Å². The molecule has 0 saturated heterocycles. The Labute approximate surface area is 104 Å². The molecule has 1 aliphatic carbocycles. The van der Waals surface area contributed by atoms with Crippen molar-refractivity contribution in [2.24, 2.45) is 5.92 Å². The van der Waals surface area contributed by atoms with Crippen LogP contribution in [0.15, 0.2) is 30.3 Å². The second-order valence-electron chi connectivity index (χ2n) is 5.46. The second kappa shape index (κ2) is 5.65. The highest BCUT2D eigenvalue weighted by Crippen LogP contribution is 2.38. The lowest BCUT2D eigenvalue weighted by Crippen LogP contribution is -2.43. The molecule has 2 nitrogen and oxygen atoms in total. The van der Waals surface area contributed by atoms with Gasteiger partial charge in [0.25, 0.3) is 0 Å². The number of nitrogens with one attached hydrogen (secondary N) is 1. The molecule has 0 spiro atoms. The molecule has 0 bridgehead atoms. The van der Waals surface area contributed by atoms with Crippen LogP contribution in [0, 0.1) is 5.92 Å². The van der Waals surface area contributed by atoms with Gasteiger partial charge in [-0.15, -0.1) is 0 Å². The third-order valence-electron chi connectivity index (χ3n) is 3.54. The Balaban J connectivity index is 1.57. The van der Waals surface area contributed by atoms with Crippen molar-refractivity contribution in [1.29, 1.82) is 0 Å². The van der Waals surface area contributed by atoms with Gasteiger partial charge >= 0.3 is 0 Å². The van der Waals surface area contributed by atoms with E-state index in [2.05, 4.69) is 31.3 Å². The summed E-state index contributed by atoms with van der Waals surface area (Å²) in [6.07, 6.45) is 2.76. The molecule has 94 valence electrons. The van der Waals surface area contributed by atoms with Crippen LogP contribution in [0.5, 0.6) is 0 Å². The van der Waals surface area contributed by atoms with Crippen molar-refractivity contribution in [3.63, 3.8) is 0 Å². The molecular formula is C15H23NO. The average Bonchev–Trinajstić information content (AvgIpc) is 3.14. The van der Waals surface area contributed by atoms with Crippen molar-refractivity contribution >= 4 is 0 Å². The summed E-state index contributed by atoms with van der Waals surface area (Å²) in [4.78, 5) is 0. The number of benzene rings is 1. The van der Waals surface area contributed by atoms with E-state index in [-0.39, 0.29) is 5.54 Å². The van der Waals surface area contributed by atoms with Gasteiger partial charge in [-0.05, 0) is 38.2 Å². The molecule has 1 aromatic carbocycles. The number of ether oxygens (including phenoxy) is 1. The summed E-state index contributed by atoms with van der Waals surface area (Å²) in [6.45, 7) is 7.03. The minimum Gasteiger partial charge on any atom is -0.375 e. The number of hydrogen-bond acceptors (Lipinski definition) is 2. The topological polar surface area (TPSA) is 21.3 Å². The normalized spacial score (nSPS) is 16.1. The van der Waals surface area contributed by atoms with Gasteiger partial charge in [0.05, 0.1) is 13.2 Å². The zero-order valence-electron chi connectivity index (χ0n) is 10.9.